The van der Waals surface area contributed by atoms with Crippen LogP contribution in [0.25, 0.3) is 0 Å². The van der Waals surface area contributed by atoms with Gasteiger partial charge in [-0.2, -0.15) is 0 Å². The molecule has 0 unspecified atom stereocenters. The third-order valence-electron chi connectivity index (χ3n) is 1.54. The van der Waals surface area contributed by atoms with Crippen LogP contribution < -0.4 is 4.90 Å². The highest BCUT2D eigenvalue weighted by Crippen LogP contribution is 2.23. The van der Waals surface area contributed by atoms with Gasteiger partial charge in [-0.1, -0.05) is 18.3 Å². The first-order valence-electron chi connectivity index (χ1n) is 3.81. The van der Waals surface area contributed by atoms with Gasteiger partial charge in [0.05, 0.1) is 10.6 Å². The molecule has 0 aliphatic rings. The van der Waals surface area contributed by atoms with E-state index in [9.17, 15) is 4.79 Å². The number of nitrogens with zero attached hydrogens (tertiary/aromatic N) is 2. The fourth-order valence-corrected chi connectivity index (χ4v) is 1.78. The summed E-state index contributed by atoms with van der Waals surface area (Å²) < 4.78 is 0. The highest BCUT2D eigenvalue weighted by molar-refractivity contribution is 7.17. The van der Waals surface area contributed by atoms with Crippen molar-refractivity contribution in [3.05, 3.63) is 10.6 Å². The lowest BCUT2D eigenvalue weighted by atomic mass is 10.3. The topological polar surface area (TPSA) is 33.2 Å². The zero-order chi connectivity index (χ0) is 9.14. The molecule has 0 saturated heterocycles. The molecule has 1 aromatic heterocycles. The van der Waals surface area contributed by atoms with E-state index in [2.05, 4.69) is 4.98 Å². The highest BCUT2D eigenvalue weighted by atomic mass is 32.1. The van der Waals surface area contributed by atoms with Crippen LogP contribution >= 0.6 is 11.3 Å². The van der Waals surface area contributed by atoms with Crippen LogP contribution in [-0.2, 0) is 6.42 Å². The molecule has 1 rings (SSSR count). The maximum absolute atomic E-state index is 10.6. The molecule has 4 heteroatoms. The Morgan fingerprint density at radius 2 is 2.25 bits per heavy atom. The van der Waals surface area contributed by atoms with Gasteiger partial charge in [0.15, 0.2) is 11.4 Å². The minimum absolute atomic E-state index is 0.751. The molecule has 0 aromatic carbocycles. The lowest BCUT2D eigenvalue weighted by molar-refractivity contribution is 0.112. The van der Waals surface area contributed by atoms with Gasteiger partial charge in [-0.3, -0.25) is 4.79 Å². The number of hydrogen-bond acceptors (Lipinski definition) is 4. The van der Waals surface area contributed by atoms with Gasteiger partial charge in [-0.05, 0) is 6.42 Å². The third kappa shape index (κ3) is 1.64. The second-order valence-corrected chi connectivity index (χ2v) is 3.68. The minimum Gasteiger partial charge on any atom is -0.354 e. The van der Waals surface area contributed by atoms with Crippen molar-refractivity contribution >= 4 is 22.8 Å². The van der Waals surface area contributed by atoms with Crippen LogP contribution in [0.15, 0.2) is 0 Å². The SMILES string of the molecule is CCc1nc(N(C)C)sc1C=O. The number of aldehydes is 1. The van der Waals surface area contributed by atoms with Crippen LogP contribution in [0, 0.1) is 0 Å². The summed E-state index contributed by atoms with van der Waals surface area (Å²) in [6.07, 6.45) is 1.70. The van der Waals surface area contributed by atoms with Crippen LogP contribution in [0.1, 0.15) is 22.3 Å². The van der Waals surface area contributed by atoms with E-state index >= 15 is 0 Å². The van der Waals surface area contributed by atoms with Gasteiger partial charge >= 0.3 is 0 Å². The Morgan fingerprint density at radius 1 is 1.58 bits per heavy atom. The summed E-state index contributed by atoms with van der Waals surface area (Å²) in [4.78, 5) is 17.6. The van der Waals surface area contributed by atoms with E-state index in [1.54, 1.807) is 0 Å². The number of rotatable bonds is 3. The molecule has 1 heterocycles. The Bertz CT molecular complexity index is 281. The van der Waals surface area contributed by atoms with E-state index in [1.807, 2.05) is 25.9 Å². The zero-order valence-corrected chi connectivity index (χ0v) is 8.31. The molecule has 1 aromatic rings. The van der Waals surface area contributed by atoms with Gasteiger partial charge in [0.25, 0.3) is 0 Å². The summed E-state index contributed by atoms with van der Waals surface area (Å²) in [6, 6.07) is 0. The van der Waals surface area contributed by atoms with Crippen LogP contribution in [0.3, 0.4) is 0 Å². The predicted molar refractivity (Wildman–Crippen MR) is 51.2 cm³/mol. The van der Waals surface area contributed by atoms with Crippen molar-refractivity contribution in [2.75, 3.05) is 19.0 Å². The fourth-order valence-electron chi connectivity index (χ4n) is 0.887. The second kappa shape index (κ2) is 3.67. The van der Waals surface area contributed by atoms with Gasteiger partial charge in [-0.15, -0.1) is 0 Å². The van der Waals surface area contributed by atoms with Crippen LogP contribution in [0.5, 0.6) is 0 Å². The molecule has 0 N–H and O–H groups in total. The van der Waals surface area contributed by atoms with Crippen molar-refractivity contribution in [1.29, 1.82) is 0 Å². The molecule has 0 amide bonds. The monoisotopic (exact) mass is 184 g/mol. The molecule has 0 aliphatic carbocycles. The van der Waals surface area contributed by atoms with Gasteiger partial charge in [0.2, 0.25) is 0 Å². The molecule has 66 valence electrons. The first-order valence-corrected chi connectivity index (χ1v) is 4.63. The molecule has 0 atom stereocenters. The fraction of sp³-hybridized carbons (Fsp3) is 0.500. The molecule has 0 saturated carbocycles. The van der Waals surface area contributed by atoms with E-state index in [0.717, 1.165) is 28.4 Å². The van der Waals surface area contributed by atoms with E-state index in [1.165, 1.54) is 11.3 Å². The maximum atomic E-state index is 10.6. The number of hydrogen-bond donors (Lipinski definition) is 0. The molecule has 12 heavy (non-hydrogen) atoms. The number of carbonyl (C=O) groups excluding carboxylic acids is 1. The lowest BCUT2D eigenvalue weighted by Crippen LogP contribution is -2.07. The standard InChI is InChI=1S/C8H12N2OS/c1-4-6-7(5-11)12-8(9-6)10(2)3/h5H,4H2,1-3H3. The molecular weight excluding hydrogens is 172 g/mol. The van der Waals surface area contributed by atoms with E-state index in [-0.39, 0.29) is 0 Å². The average molecular weight is 184 g/mol. The largest absolute Gasteiger partial charge is 0.354 e. The molecule has 0 radical (unpaired) electrons. The quantitative estimate of drug-likeness (QED) is 0.669. The Hall–Kier alpha value is -0.900. The zero-order valence-electron chi connectivity index (χ0n) is 7.50. The Labute approximate surface area is 76.0 Å². The summed E-state index contributed by atoms with van der Waals surface area (Å²) in [5.41, 5.74) is 0.902. The third-order valence-corrected chi connectivity index (χ3v) is 2.73. The Kier molecular flexibility index (Phi) is 2.81. The van der Waals surface area contributed by atoms with E-state index < -0.39 is 0 Å². The van der Waals surface area contributed by atoms with Gasteiger partial charge in [-0.25, -0.2) is 4.98 Å². The van der Waals surface area contributed by atoms with Gasteiger partial charge in [0.1, 0.15) is 0 Å². The number of thiazole rings is 1. The summed E-state index contributed by atoms with van der Waals surface area (Å²) in [5.74, 6) is 0. The molecule has 0 fully saturated rings. The van der Waals surface area contributed by atoms with Crippen molar-refractivity contribution in [3.63, 3.8) is 0 Å². The molecule has 0 aliphatic heterocycles. The van der Waals surface area contributed by atoms with Crippen molar-refractivity contribution in [3.8, 4) is 0 Å². The maximum Gasteiger partial charge on any atom is 0.185 e. The van der Waals surface area contributed by atoms with Crippen LogP contribution in [0.4, 0.5) is 5.13 Å². The average Bonchev–Trinajstić information content (AvgIpc) is 2.46. The molecule has 3 nitrogen and oxygen atoms in total. The molecule has 0 bridgehead atoms. The van der Waals surface area contributed by atoms with E-state index in [4.69, 9.17) is 0 Å². The van der Waals surface area contributed by atoms with Crippen molar-refractivity contribution in [2.45, 2.75) is 13.3 Å². The van der Waals surface area contributed by atoms with Crippen molar-refractivity contribution in [1.82, 2.24) is 4.98 Å². The lowest BCUT2D eigenvalue weighted by Gasteiger charge is -2.04. The smallest absolute Gasteiger partial charge is 0.185 e. The van der Waals surface area contributed by atoms with E-state index in [0.29, 0.717) is 0 Å². The summed E-state index contributed by atoms with van der Waals surface area (Å²) in [5, 5.41) is 0.897. The predicted octanol–water partition coefficient (Wildman–Crippen LogP) is 1.58. The summed E-state index contributed by atoms with van der Waals surface area (Å²) in [6.45, 7) is 2.00. The van der Waals surface area contributed by atoms with Gasteiger partial charge < -0.3 is 4.90 Å². The normalized spacial score (nSPS) is 9.92. The summed E-state index contributed by atoms with van der Waals surface area (Å²) >= 11 is 1.44. The van der Waals surface area contributed by atoms with Crippen molar-refractivity contribution in [2.24, 2.45) is 0 Å². The minimum atomic E-state index is 0.751. The second-order valence-electron chi connectivity index (χ2n) is 2.67. The Balaban J connectivity index is 3.05. The molecule has 0 spiro atoms. The number of aromatic nitrogens is 1. The number of aryl methyl sites for hydroxylation is 1. The first kappa shape index (κ1) is 9.19. The number of anilines is 1. The van der Waals surface area contributed by atoms with Crippen molar-refractivity contribution < 1.29 is 4.79 Å². The Morgan fingerprint density at radius 3 is 2.58 bits per heavy atom. The highest BCUT2D eigenvalue weighted by Gasteiger charge is 2.09. The van der Waals surface area contributed by atoms with Gasteiger partial charge in [0, 0.05) is 14.1 Å². The first-order chi connectivity index (χ1) is 5.69. The van der Waals surface area contributed by atoms with Crippen LogP contribution in [0.2, 0.25) is 0 Å². The number of carbonyl (C=O) groups is 1. The molecular formula is C8H12N2OS. The van der Waals surface area contributed by atoms with Crippen LogP contribution in [-0.4, -0.2) is 25.4 Å². The summed E-state index contributed by atoms with van der Waals surface area (Å²) in [7, 11) is 3.85.